The fraction of sp³-hybridized carbons (Fsp3) is 0.333. The van der Waals surface area contributed by atoms with Gasteiger partial charge in [0.1, 0.15) is 0 Å². The van der Waals surface area contributed by atoms with Crippen LogP contribution < -0.4 is 5.32 Å². The summed E-state index contributed by atoms with van der Waals surface area (Å²) in [5, 5.41) is 11.8. The van der Waals surface area contributed by atoms with Gasteiger partial charge in [-0.15, -0.1) is 0 Å². The van der Waals surface area contributed by atoms with Crippen molar-refractivity contribution in [2.75, 3.05) is 5.32 Å². The van der Waals surface area contributed by atoms with Crippen molar-refractivity contribution in [1.29, 1.82) is 0 Å². The van der Waals surface area contributed by atoms with Crippen LogP contribution in [0.5, 0.6) is 0 Å². The van der Waals surface area contributed by atoms with Crippen molar-refractivity contribution in [3.63, 3.8) is 0 Å². The second-order valence-corrected chi connectivity index (χ2v) is 4.81. The van der Waals surface area contributed by atoms with Gasteiger partial charge in [-0.1, -0.05) is 24.3 Å². The van der Waals surface area contributed by atoms with E-state index in [0.29, 0.717) is 11.3 Å². The molecule has 1 aromatic rings. The molecule has 0 aliphatic heterocycles. The lowest BCUT2D eigenvalue weighted by atomic mass is 10.0. The van der Waals surface area contributed by atoms with E-state index < -0.39 is 11.9 Å². The first-order valence-corrected chi connectivity index (χ1v) is 6.36. The Morgan fingerprint density at radius 2 is 2.00 bits per heavy atom. The molecular formula is C15H17NO3. The second-order valence-electron chi connectivity index (χ2n) is 4.81. The Kier molecular flexibility index (Phi) is 4.00. The van der Waals surface area contributed by atoms with E-state index in [1.165, 1.54) is 0 Å². The molecule has 19 heavy (non-hydrogen) atoms. The van der Waals surface area contributed by atoms with Crippen LogP contribution in [0.4, 0.5) is 5.69 Å². The molecule has 0 spiro atoms. The Morgan fingerprint density at radius 1 is 1.32 bits per heavy atom. The number of hydrogen-bond donors (Lipinski definition) is 2. The molecule has 1 atom stereocenters. The molecule has 1 aliphatic rings. The zero-order valence-electron chi connectivity index (χ0n) is 10.8. The summed E-state index contributed by atoms with van der Waals surface area (Å²) in [4.78, 5) is 22.9. The van der Waals surface area contributed by atoms with Crippen LogP contribution in [0.3, 0.4) is 0 Å². The summed E-state index contributed by atoms with van der Waals surface area (Å²) in [6.07, 6.45) is 5.56. The van der Waals surface area contributed by atoms with E-state index in [2.05, 4.69) is 5.32 Å². The molecule has 4 nitrogen and oxygen atoms in total. The standard InChI is InChI=1S/C15H17NO3/c1-10(15(18)19)12-7-4-8-13(9-12)16-14(17)11-5-2-3-6-11/h2-4,7-11H,5-6H2,1H3,(H,16,17)(H,18,19). The van der Waals surface area contributed by atoms with E-state index in [9.17, 15) is 9.59 Å². The highest BCUT2D eigenvalue weighted by atomic mass is 16.4. The first kappa shape index (κ1) is 13.3. The van der Waals surface area contributed by atoms with Crippen molar-refractivity contribution in [3.8, 4) is 0 Å². The minimum atomic E-state index is -0.872. The van der Waals surface area contributed by atoms with Gasteiger partial charge in [0, 0.05) is 11.6 Å². The lowest BCUT2D eigenvalue weighted by Crippen LogP contribution is -2.20. The summed E-state index contributed by atoms with van der Waals surface area (Å²) in [7, 11) is 0. The number of nitrogens with one attached hydrogen (secondary N) is 1. The molecule has 0 fully saturated rings. The summed E-state index contributed by atoms with van der Waals surface area (Å²) >= 11 is 0. The maximum absolute atomic E-state index is 12.0. The van der Waals surface area contributed by atoms with E-state index >= 15 is 0 Å². The van der Waals surface area contributed by atoms with Gasteiger partial charge in [0.05, 0.1) is 5.92 Å². The summed E-state index contributed by atoms with van der Waals surface area (Å²) in [5.41, 5.74) is 1.34. The Bertz CT molecular complexity index is 514. The molecule has 2 N–H and O–H groups in total. The molecule has 0 aromatic heterocycles. The lowest BCUT2D eigenvalue weighted by molar-refractivity contribution is -0.138. The van der Waals surface area contributed by atoms with Crippen LogP contribution in [0.2, 0.25) is 0 Å². The van der Waals surface area contributed by atoms with Crippen LogP contribution in [-0.2, 0) is 9.59 Å². The molecule has 0 radical (unpaired) electrons. The zero-order valence-corrected chi connectivity index (χ0v) is 10.8. The molecule has 4 heteroatoms. The average Bonchev–Trinajstić information content (AvgIpc) is 2.92. The Hall–Kier alpha value is -2.10. The van der Waals surface area contributed by atoms with Gasteiger partial charge in [-0.3, -0.25) is 9.59 Å². The van der Waals surface area contributed by atoms with Gasteiger partial charge >= 0.3 is 5.97 Å². The molecule has 0 bridgehead atoms. The van der Waals surface area contributed by atoms with Gasteiger partial charge in [-0.05, 0) is 37.5 Å². The van der Waals surface area contributed by atoms with Gasteiger partial charge in [0.25, 0.3) is 0 Å². The second kappa shape index (κ2) is 5.69. The van der Waals surface area contributed by atoms with Crippen LogP contribution in [0.1, 0.15) is 31.2 Å². The van der Waals surface area contributed by atoms with Crippen LogP contribution in [0.25, 0.3) is 0 Å². The highest BCUT2D eigenvalue weighted by Gasteiger charge is 2.20. The normalized spacial score (nSPS) is 16.3. The predicted octanol–water partition coefficient (Wildman–Crippen LogP) is 2.78. The maximum atomic E-state index is 12.0. The third-order valence-electron chi connectivity index (χ3n) is 3.40. The Labute approximate surface area is 112 Å². The highest BCUT2D eigenvalue weighted by molar-refractivity contribution is 5.93. The van der Waals surface area contributed by atoms with Crippen molar-refractivity contribution in [2.24, 2.45) is 5.92 Å². The van der Waals surface area contributed by atoms with E-state index in [1.54, 1.807) is 31.2 Å². The summed E-state index contributed by atoms with van der Waals surface area (Å²) in [6, 6.07) is 7.01. The van der Waals surface area contributed by atoms with Gasteiger partial charge in [-0.2, -0.15) is 0 Å². The monoisotopic (exact) mass is 259 g/mol. The summed E-state index contributed by atoms with van der Waals surface area (Å²) in [5.74, 6) is -1.46. The van der Waals surface area contributed by atoms with Gasteiger partial charge in [0.2, 0.25) is 5.91 Å². The third kappa shape index (κ3) is 3.22. The van der Waals surface area contributed by atoms with E-state index in [0.717, 1.165) is 12.8 Å². The topological polar surface area (TPSA) is 66.4 Å². The molecule has 1 amide bonds. The molecule has 0 saturated heterocycles. The van der Waals surface area contributed by atoms with E-state index in [1.807, 2.05) is 12.2 Å². The fourth-order valence-electron chi connectivity index (χ4n) is 2.10. The van der Waals surface area contributed by atoms with Crippen molar-refractivity contribution < 1.29 is 14.7 Å². The lowest BCUT2D eigenvalue weighted by Gasteiger charge is -2.12. The van der Waals surface area contributed by atoms with Gasteiger partial charge in [0.15, 0.2) is 0 Å². The van der Waals surface area contributed by atoms with Crippen LogP contribution in [-0.4, -0.2) is 17.0 Å². The largest absolute Gasteiger partial charge is 0.481 e. The quantitative estimate of drug-likeness (QED) is 0.817. The molecule has 0 saturated carbocycles. The number of benzene rings is 1. The number of carboxylic acid groups (broad SMARTS) is 1. The van der Waals surface area contributed by atoms with Crippen molar-refractivity contribution >= 4 is 17.6 Å². The minimum Gasteiger partial charge on any atom is -0.481 e. The number of allylic oxidation sites excluding steroid dienone is 2. The first-order valence-electron chi connectivity index (χ1n) is 6.36. The molecule has 100 valence electrons. The molecule has 0 heterocycles. The number of hydrogen-bond acceptors (Lipinski definition) is 2. The maximum Gasteiger partial charge on any atom is 0.310 e. The molecule has 2 rings (SSSR count). The number of amides is 1. The van der Waals surface area contributed by atoms with Crippen molar-refractivity contribution in [3.05, 3.63) is 42.0 Å². The van der Waals surface area contributed by atoms with Gasteiger partial charge in [-0.25, -0.2) is 0 Å². The average molecular weight is 259 g/mol. The number of aliphatic carboxylic acids is 1. The zero-order chi connectivity index (χ0) is 13.8. The number of anilines is 1. The predicted molar refractivity (Wildman–Crippen MR) is 73.0 cm³/mol. The number of rotatable bonds is 4. The van der Waals surface area contributed by atoms with E-state index in [-0.39, 0.29) is 11.8 Å². The first-order chi connectivity index (χ1) is 9.08. The SMILES string of the molecule is CC(C(=O)O)c1cccc(NC(=O)C2CC=CC2)c1. The molecule has 1 aliphatic carbocycles. The summed E-state index contributed by atoms with van der Waals surface area (Å²) in [6.45, 7) is 1.63. The van der Waals surface area contributed by atoms with E-state index in [4.69, 9.17) is 5.11 Å². The fourth-order valence-corrected chi connectivity index (χ4v) is 2.10. The van der Waals surface area contributed by atoms with Crippen LogP contribution >= 0.6 is 0 Å². The number of carbonyl (C=O) groups is 2. The number of carboxylic acids is 1. The molecule has 1 unspecified atom stereocenters. The van der Waals surface area contributed by atoms with Crippen LogP contribution in [0, 0.1) is 5.92 Å². The highest BCUT2D eigenvalue weighted by Crippen LogP contribution is 2.22. The minimum absolute atomic E-state index is 0.000512. The molecular weight excluding hydrogens is 242 g/mol. The van der Waals surface area contributed by atoms with Gasteiger partial charge < -0.3 is 10.4 Å². The van der Waals surface area contributed by atoms with Crippen LogP contribution in [0.15, 0.2) is 36.4 Å². The number of carbonyl (C=O) groups excluding carboxylic acids is 1. The summed E-state index contributed by atoms with van der Waals surface area (Å²) < 4.78 is 0. The third-order valence-corrected chi connectivity index (χ3v) is 3.40. The smallest absolute Gasteiger partial charge is 0.310 e. The van der Waals surface area contributed by atoms with Crippen molar-refractivity contribution in [2.45, 2.75) is 25.7 Å². The van der Waals surface area contributed by atoms with Crippen molar-refractivity contribution in [1.82, 2.24) is 0 Å². The Balaban J connectivity index is 2.06. The molecule has 1 aromatic carbocycles. The Morgan fingerprint density at radius 3 is 2.63 bits per heavy atom.